The zero-order valence-electron chi connectivity index (χ0n) is 20.9. The molecule has 0 bridgehead atoms. The van der Waals surface area contributed by atoms with Gasteiger partial charge in [-0.2, -0.15) is 13.2 Å². The van der Waals surface area contributed by atoms with E-state index in [2.05, 4.69) is 15.4 Å². The number of benzene rings is 3. The monoisotopic (exact) mass is 598 g/mol. The molecule has 0 radical (unpaired) electrons. The number of carbonyl (C=O) groups excluding carboxylic acids is 2. The van der Waals surface area contributed by atoms with Crippen LogP contribution in [0.5, 0.6) is 0 Å². The van der Waals surface area contributed by atoms with E-state index in [0.29, 0.717) is 22.8 Å². The van der Waals surface area contributed by atoms with E-state index in [1.807, 2.05) is 0 Å². The van der Waals surface area contributed by atoms with E-state index in [1.165, 1.54) is 36.4 Å². The number of halogens is 5. The summed E-state index contributed by atoms with van der Waals surface area (Å²) in [6, 6.07) is 10.7. The first-order valence-electron chi connectivity index (χ1n) is 11.9. The number of anilines is 3. The van der Waals surface area contributed by atoms with Crippen molar-refractivity contribution in [3.8, 4) is 11.1 Å². The molecule has 0 saturated carbocycles. The Morgan fingerprint density at radius 1 is 1.05 bits per heavy atom. The van der Waals surface area contributed by atoms with E-state index < -0.39 is 56.8 Å². The first kappa shape index (κ1) is 29.2. The molecule has 1 aliphatic heterocycles. The number of sulfonamides is 1. The molecule has 1 fully saturated rings. The van der Waals surface area contributed by atoms with Crippen LogP contribution in [-0.2, 0) is 21.0 Å². The lowest BCUT2D eigenvalue weighted by Gasteiger charge is -2.33. The first-order valence-corrected chi connectivity index (χ1v) is 14.1. The van der Waals surface area contributed by atoms with Gasteiger partial charge in [0.25, 0.3) is 0 Å². The molecule has 0 aliphatic carbocycles. The summed E-state index contributed by atoms with van der Waals surface area (Å²) < 4.78 is 83.8. The maximum atomic E-state index is 15.4. The van der Waals surface area contributed by atoms with Gasteiger partial charge in [0.2, 0.25) is 15.9 Å². The van der Waals surface area contributed by atoms with Crippen molar-refractivity contribution in [2.45, 2.75) is 25.1 Å². The van der Waals surface area contributed by atoms with Gasteiger partial charge < -0.3 is 15.5 Å². The van der Waals surface area contributed by atoms with Crippen molar-refractivity contribution in [2.75, 3.05) is 27.7 Å². The summed E-state index contributed by atoms with van der Waals surface area (Å²) in [5, 5.41) is 5.46. The summed E-state index contributed by atoms with van der Waals surface area (Å²) in [4.78, 5) is 26.5. The van der Waals surface area contributed by atoms with Crippen molar-refractivity contribution < 1.29 is 35.6 Å². The number of urea groups is 1. The summed E-state index contributed by atoms with van der Waals surface area (Å²) in [6.07, 6.45) is -3.67. The topological polar surface area (TPSA) is 108 Å². The van der Waals surface area contributed by atoms with E-state index in [-0.39, 0.29) is 30.6 Å². The minimum absolute atomic E-state index is 0.0738. The largest absolute Gasteiger partial charge is 0.417 e. The normalized spacial score (nSPS) is 16.0. The quantitative estimate of drug-likeness (QED) is 0.309. The van der Waals surface area contributed by atoms with Crippen molar-refractivity contribution in [3.05, 3.63) is 77.1 Å². The highest BCUT2D eigenvalue weighted by atomic mass is 35.5. The molecule has 3 amide bonds. The Kier molecular flexibility index (Phi) is 8.26. The van der Waals surface area contributed by atoms with E-state index in [0.717, 1.165) is 11.2 Å². The molecule has 8 nitrogen and oxygen atoms in total. The second kappa shape index (κ2) is 11.3. The molecule has 40 heavy (non-hydrogen) atoms. The fourth-order valence-corrected chi connectivity index (χ4v) is 5.04. The van der Waals surface area contributed by atoms with Crippen molar-refractivity contribution in [3.63, 3.8) is 0 Å². The lowest BCUT2D eigenvalue weighted by atomic mass is 9.95. The van der Waals surface area contributed by atoms with E-state index in [1.54, 1.807) is 12.1 Å². The third kappa shape index (κ3) is 6.83. The fraction of sp³-hybridized carbons (Fsp3) is 0.231. The number of para-hydroxylation sites is 1. The Labute approximate surface area is 232 Å². The van der Waals surface area contributed by atoms with Crippen LogP contribution in [0.1, 0.15) is 18.4 Å². The number of piperidine rings is 1. The zero-order chi connectivity index (χ0) is 29.2. The van der Waals surface area contributed by atoms with Gasteiger partial charge in [-0.25, -0.2) is 17.6 Å². The average molecular weight is 599 g/mol. The number of alkyl halides is 3. The molecule has 1 atom stereocenters. The molecule has 0 aromatic heterocycles. The molecule has 212 valence electrons. The lowest BCUT2D eigenvalue weighted by Crippen LogP contribution is -2.53. The highest BCUT2D eigenvalue weighted by Gasteiger charge is 2.38. The van der Waals surface area contributed by atoms with Gasteiger partial charge in [-0.05, 0) is 60.9 Å². The van der Waals surface area contributed by atoms with Gasteiger partial charge in [-0.15, -0.1) is 0 Å². The molecular weight excluding hydrogens is 576 g/mol. The Bertz CT molecular complexity index is 1550. The standard InChI is InChI=1S/C26H23ClF4N4O4S/c1-40(38,39)34-21-6-3-2-5-17(21)18-13-20(28)23(14-19(18)26(29,30)31)35-12-4-7-22(24(35)36)33-25(37)32-16-10-8-15(27)9-11-16/h2-3,5-6,8-11,13-14,22,34H,4,7,12H2,1H3,(H2,32,33,37)/t22-/m1/s1. The van der Waals surface area contributed by atoms with Crippen LogP contribution in [0.2, 0.25) is 5.02 Å². The van der Waals surface area contributed by atoms with Crippen LogP contribution in [0.3, 0.4) is 0 Å². The average Bonchev–Trinajstić information content (AvgIpc) is 2.85. The van der Waals surface area contributed by atoms with Crippen LogP contribution in [0.4, 0.5) is 39.4 Å². The summed E-state index contributed by atoms with van der Waals surface area (Å²) in [5.41, 5.74) is -2.47. The minimum atomic E-state index is -4.98. The third-order valence-corrected chi connectivity index (χ3v) is 6.88. The van der Waals surface area contributed by atoms with Crippen LogP contribution in [0.15, 0.2) is 60.7 Å². The molecule has 1 heterocycles. The Balaban J connectivity index is 1.65. The van der Waals surface area contributed by atoms with Gasteiger partial charge >= 0.3 is 12.2 Å². The molecule has 1 aliphatic rings. The van der Waals surface area contributed by atoms with Gasteiger partial charge in [0.15, 0.2) is 0 Å². The van der Waals surface area contributed by atoms with Gasteiger partial charge in [0.05, 0.1) is 23.2 Å². The lowest BCUT2D eigenvalue weighted by molar-refractivity contribution is -0.137. The predicted octanol–water partition coefficient (Wildman–Crippen LogP) is 5.85. The first-order chi connectivity index (χ1) is 18.7. The fourth-order valence-electron chi connectivity index (χ4n) is 4.34. The van der Waals surface area contributed by atoms with E-state index >= 15 is 4.39 Å². The van der Waals surface area contributed by atoms with Gasteiger partial charge in [-0.3, -0.25) is 9.52 Å². The summed E-state index contributed by atoms with van der Waals surface area (Å²) in [7, 11) is -3.86. The van der Waals surface area contributed by atoms with Gasteiger partial charge in [-0.1, -0.05) is 29.8 Å². The molecule has 3 aromatic rings. The van der Waals surface area contributed by atoms with Crippen LogP contribution in [-0.4, -0.2) is 39.2 Å². The van der Waals surface area contributed by atoms with Crippen LogP contribution in [0.25, 0.3) is 11.1 Å². The van der Waals surface area contributed by atoms with Gasteiger partial charge in [0, 0.05) is 22.8 Å². The van der Waals surface area contributed by atoms with E-state index in [9.17, 15) is 31.2 Å². The SMILES string of the molecule is CS(=O)(=O)Nc1ccccc1-c1cc(F)c(N2CCC[C@@H](NC(=O)Nc3ccc(Cl)cc3)C2=O)cc1C(F)(F)F. The van der Waals surface area contributed by atoms with Crippen LogP contribution >= 0.6 is 11.6 Å². The molecule has 4 rings (SSSR count). The zero-order valence-corrected chi connectivity index (χ0v) is 22.4. The predicted molar refractivity (Wildman–Crippen MR) is 144 cm³/mol. The second-order valence-electron chi connectivity index (χ2n) is 9.06. The smallest absolute Gasteiger partial charge is 0.326 e. The third-order valence-electron chi connectivity index (χ3n) is 6.04. The van der Waals surface area contributed by atoms with Crippen molar-refractivity contribution in [1.29, 1.82) is 0 Å². The Morgan fingerprint density at radius 3 is 2.38 bits per heavy atom. The van der Waals surface area contributed by atoms with E-state index in [4.69, 9.17) is 11.6 Å². The molecule has 3 N–H and O–H groups in total. The number of hydrogen-bond donors (Lipinski definition) is 3. The highest BCUT2D eigenvalue weighted by Crippen LogP contribution is 2.43. The van der Waals surface area contributed by atoms with Crippen molar-refractivity contribution >= 4 is 50.6 Å². The Hall–Kier alpha value is -3.84. The second-order valence-corrected chi connectivity index (χ2v) is 11.2. The number of carbonyl (C=O) groups is 2. The van der Waals surface area contributed by atoms with Crippen LogP contribution in [0, 0.1) is 5.82 Å². The maximum absolute atomic E-state index is 15.4. The summed E-state index contributed by atoms with van der Waals surface area (Å²) in [5.74, 6) is -1.91. The number of nitrogens with zero attached hydrogens (tertiary/aromatic N) is 1. The molecule has 0 unspecified atom stereocenters. The summed E-state index contributed by atoms with van der Waals surface area (Å²) >= 11 is 5.82. The number of hydrogen-bond acceptors (Lipinski definition) is 4. The molecule has 0 spiro atoms. The molecular formula is C26H23ClF4N4O4S. The van der Waals surface area contributed by atoms with Crippen molar-refractivity contribution in [2.24, 2.45) is 0 Å². The molecule has 14 heteroatoms. The molecule has 1 saturated heterocycles. The maximum Gasteiger partial charge on any atom is 0.417 e. The molecule has 3 aromatic carbocycles. The highest BCUT2D eigenvalue weighted by molar-refractivity contribution is 7.92. The number of rotatable bonds is 6. The van der Waals surface area contributed by atoms with Crippen LogP contribution < -0.4 is 20.3 Å². The number of nitrogens with one attached hydrogen (secondary N) is 3. The van der Waals surface area contributed by atoms with Crippen molar-refractivity contribution in [1.82, 2.24) is 5.32 Å². The van der Waals surface area contributed by atoms with Gasteiger partial charge in [0.1, 0.15) is 11.9 Å². The minimum Gasteiger partial charge on any atom is -0.326 e. The number of amides is 3. The Morgan fingerprint density at radius 2 is 1.73 bits per heavy atom. The summed E-state index contributed by atoms with van der Waals surface area (Å²) in [6.45, 7) is -0.0738.